The molecule has 2 heterocycles. The van der Waals surface area contributed by atoms with Crippen LogP contribution in [0.25, 0.3) is 0 Å². The molecule has 1 aliphatic heterocycles. The third-order valence-corrected chi connectivity index (χ3v) is 4.89. The molecule has 1 aromatic rings. The first kappa shape index (κ1) is 14.6. The molecule has 116 valence electrons. The van der Waals surface area contributed by atoms with Gasteiger partial charge in [-0.3, -0.25) is 14.4 Å². The maximum atomic E-state index is 12.1. The van der Waals surface area contributed by atoms with Gasteiger partial charge < -0.3 is 5.32 Å². The Labute approximate surface area is 126 Å². The van der Waals surface area contributed by atoms with E-state index in [1.807, 2.05) is 11.7 Å². The number of likely N-dealkylation sites (tertiary alicyclic amines) is 1. The second-order valence-electron chi connectivity index (χ2n) is 6.58. The normalized spacial score (nSPS) is 22.7. The van der Waals surface area contributed by atoms with E-state index in [2.05, 4.69) is 29.2 Å². The molecule has 5 heteroatoms. The Morgan fingerprint density at radius 3 is 2.71 bits per heavy atom. The molecule has 1 saturated carbocycles. The van der Waals surface area contributed by atoms with Gasteiger partial charge in [0.05, 0.1) is 12.2 Å². The smallest absolute Gasteiger partial charge is 0.234 e. The van der Waals surface area contributed by atoms with Crippen LogP contribution in [0.3, 0.4) is 0 Å². The fourth-order valence-electron chi connectivity index (χ4n) is 3.44. The van der Waals surface area contributed by atoms with E-state index < -0.39 is 0 Å². The molecule has 1 N–H and O–H groups in total. The molecule has 3 rings (SSSR count). The van der Waals surface area contributed by atoms with Crippen LogP contribution in [0.15, 0.2) is 0 Å². The van der Waals surface area contributed by atoms with Crippen LogP contribution in [0.4, 0.5) is 0 Å². The van der Waals surface area contributed by atoms with E-state index in [4.69, 9.17) is 0 Å². The van der Waals surface area contributed by atoms with Crippen molar-refractivity contribution in [3.05, 3.63) is 17.0 Å². The lowest BCUT2D eigenvalue weighted by Gasteiger charge is -2.24. The molecule has 2 fully saturated rings. The Hall–Kier alpha value is -1.36. The van der Waals surface area contributed by atoms with Gasteiger partial charge in [0.25, 0.3) is 0 Å². The average Bonchev–Trinajstić information content (AvgIpc) is 3.11. The zero-order valence-corrected chi connectivity index (χ0v) is 13.4. The van der Waals surface area contributed by atoms with E-state index in [0.29, 0.717) is 12.6 Å². The van der Waals surface area contributed by atoms with E-state index in [1.165, 1.54) is 24.1 Å². The predicted molar refractivity (Wildman–Crippen MR) is 82.0 cm³/mol. The highest BCUT2D eigenvalue weighted by atomic mass is 16.2. The van der Waals surface area contributed by atoms with Gasteiger partial charge in [-0.25, -0.2) is 0 Å². The molecule has 21 heavy (non-hydrogen) atoms. The number of hydrogen-bond acceptors (Lipinski definition) is 3. The third kappa shape index (κ3) is 3.12. The summed E-state index contributed by atoms with van der Waals surface area (Å²) in [5.74, 6) is 0.916. The number of nitrogens with zero attached hydrogens (tertiary/aromatic N) is 3. The van der Waals surface area contributed by atoms with Crippen molar-refractivity contribution in [2.45, 2.75) is 45.6 Å². The molecule has 0 radical (unpaired) electrons. The van der Waals surface area contributed by atoms with E-state index in [9.17, 15) is 4.79 Å². The van der Waals surface area contributed by atoms with Crippen LogP contribution in [0.2, 0.25) is 0 Å². The molecule has 1 aromatic heterocycles. The Balaban J connectivity index is 1.65. The fraction of sp³-hybridized carbons (Fsp3) is 0.750. The summed E-state index contributed by atoms with van der Waals surface area (Å²) in [6, 6.07) is 0.352. The second kappa shape index (κ2) is 5.79. The number of carbonyl (C=O) groups is 1. The molecule has 0 aromatic carbocycles. The quantitative estimate of drug-likeness (QED) is 0.898. The number of rotatable bonds is 5. The molecule has 1 saturated heterocycles. The summed E-state index contributed by atoms with van der Waals surface area (Å²) < 4.78 is 1.95. The molecule has 1 unspecified atom stereocenters. The van der Waals surface area contributed by atoms with Crippen molar-refractivity contribution >= 4 is 5.91 Å². The first-order valence-electron chi connectivity index (χ1n) is 8.07. The lowest BCUT2D eigenvalue weighted by atomic mass is 10.0. The van der Waals surface area contributed by atoms with Crippen LogP contribution in [0, 0.1) is 19.8 Å². The monoisotopic (exact) mass is 290 g/mol. The van der Waals surface area contributed by atoms with Crippen molar-refractivity contribution < 1.29 is 4.79 Å². The number of hydrogen-bond donors (Lipinski definition) is 1. The molecular formula is C16H26N4O. The van der Waals surface area contributed by atoms with Crippen molar-refractivity contribution in [2.24, 2.45) is 13.0 Å². The maximum absolute atomic E-state index is 12.1. The molecule has 0 bridgehead atoms. The number of nitrogens with one attached hydrogen (secondary N) is 1. The minimum atomic E-state index is 0.174. The van der Waals surface area contributed by atoms with E-state index in [0.717, 1.165) is 37.5 Å². The summed E-state index contributed by atoms with van der Waals surface area (Å²) in [6.07, 6.45) is 4.85. The van der Waals surface area contributed by atoms with Crippen LogP contribution in [-0.2, 0) is 11.8 Å². The molecule has 1 aliphatic carbocycles. The van der Waals surface area contributed by atoms with E-state index in [1.54, 1.807) is 0 Å². The number of aromatic nitrogens is 2. The summed E-state index contributed by atoms with van der Waals surface area (Å²) in [6.45, 7) is 6.59. The SMILES string of the molecule is Cc1nn(C)c(C)c1C1CCCN1CC(=O)NCC1CC1. The first-order chi connectivity index (χ1) is 10.1. The van der Waals surface area contributed by atoms with Gasteiger partial charge in [-0.1, -0.05) is 0 Å². The van der Waals surface area contributed by atoms with Crippen molar-refractivity contribution in [1.82, 2.24) is 20.0 Å². The highest BCUT2D eigenvalue weighted by Gasteiger charge is 2.31. The summed E-state index contributed by atoms with van der Waals surface area (Å²) >= 11 is 0. The predicted octanol–water partition coefficient (Wildman–Crippen LogP) is 1.70. The molecule has 1 amide bonds. The lowest BCUT2D eigenvalue weighted by Crippen LogP contribution is -2.37. The minimum Gasteiger partial charge on any atom is -0.355 e. The molecule has 1 atom stereocenters. The molecule has 2 aliphatic rings. The molecular weight excluding hydrogens is 264 g/mol. The largest absolute Gasteiger partial charge is 0.355 e. The lowest BCUT2D eigenvalue weighted by molar-refractivity contribution is -0.122. The van der Waals surface area contributed by atoms with E-state index in [-0.39, 0.29) is 5.91 Å². The van der Waals surface area contributed by atoms with Crippen LogP contribution >= 0.6 is 0 Å². The Morgan fingerprint density at radius 2 is 2.10 bits per heavy atom. The Bertz CT molecular complexity index is 533. The molecule has 5 nitrogen and oxygen atoms in total. The zero-order valence-electron chi connectivity index (χ0n) is 13.4. The highest BCUT2D eigenvalue weighted by Crippen LogP contribution is 2.35. The summed E-state index contributed by atoms with van der Waals surface area (Å²) in [7, 11) is 1.99. The number of amides is 1. The fourth-order valence-corrected chi connectivity index (χ4v) is 3.44. The third-order valence-electron chi connectivity index (χ3n) is 4.89. The summed E-state index contributed by atoms with van der Waals surface area (Å²) in [5, 5.41) is 7.60. The van der Waals surface area contributed by atoms with Gasteiger partial charge in [-0.05, 0) is 52.0 Å². The van der Waals surface area contributed by atoms with Gasteiger partial charge in [0.15, 0.2) is 0 Å². The Morgan fingerprint density at radius 1 is 1.33 bits per heavy atom. The van der Waals surface area contributed by atoms with Gasteiger partial charge in [0, 0.05) is 30.9 Å². The van der Waals surface area contributed by atoms with Crippen molar-refractivity contribution in [3.63, 3.8) is 0 Å². The van der Waals surface area contributed by atoms with E-state index >= 15 is 0 Å². The van der Waals surface area contributed by atoms with Crippen LogP contribution in [-0.4, -0.2) is 40.2 Å². The summed E-state index contributed by atoms with van der Waals surface area (Å²) in [5.41, 5.74) is 3.65. The topological polar surface area (TPSA) is 50.2 Å². The van der Waals surface area contributed by atoms with Gasteiger partial charge in [0.2, 0.25) is 5.91 Å². The molecule has 0 spiro atoms. The number of aryl methyl sites for hydroxylation is 2. The first-order valence-corrected chi connectivity index (χ1v) is 8.07. The number of carbonyl (C=O) groups excluding carboxylic acids is 1. The zero-order chi connectivity index (χ0) is 15.0. The Kier molecular flexibility index (Phi) is 4.02. The standard InChI is InChI=1S/C16H26N4O/c1-11-16(12(2)19(3)18-11)14-5-4-8-20(14)10-15(21)17-9-13-6-7-13/h13-14H,4-10H2,1-3H3,(H,17,21). The van der Waals surface area contributed by atoms with Crippen LogP contribution in [0.5, 0.6) is 0 Å². The van der Waals surface area contributed by atoms with Crippen molar-refractivity contribution in [2.75, 3.05) is 19.6 Å². The van der Waals surface area contributed by atoms with Crippen molar-refractivity contribution in [3.8, 4) is 0 Å². The minimum absolute atomic E-state index is 0.174. The summed E-state index contributed by atoms with van der Waals surface area (Å²) in [4.78, 5) is 14.4. The van der Waals surface area contributed by atoms with Gasteiger partial charge >= 0.3 is 0 Å². The maximum Gasteiger partial charge on any atom is 0.234 e. The van der Waals surface area contributed by atoms with Crippen molar-refractivity contribution in [1.29, 1.82) is 0 Å². The average molecular weight is 290 g/mol. The van der Waals surface area contributed by atoms with Crippen LogP contribution in [0.1, 0.15) is 48.7 Å². The van der Waals surface area contributed by atoms with Gasteiger partial charge in [0.1, 0.15) is 0 Å². The van der Waals surface area contributed by atoms with Gasteiger partial charge in [-0.15, -0.1) is 0 Å². The second-order valence-corrected chi connectivity index (χ2v) is 6.58. The highest BCUT2D eigenvalue weighted by molar-refractivity contribution is 5.78. The van der Waals surface area contributed by atoms with Crippen LogP contribution < -0.4 is 5.32 Å². The van der Waals surface area contributed by atoms with Gasteiger partial charge in [-0.2, -0.15) is 5.10 Å².